The molecule has 2 unspecified atom stereocenters. The minimum absolute atomic E-state index is 0.00439. The third-order valence-electron chi connectivity index (χ3n) is 3.75. The maximum Gasteiger partial charge on any atom is 0.228 e. The lowest BCUT2D eigenvalue weighted by atomic mass is 9.87. The molecule has 3 rings (SSSR count). The number of aryl methyl sites for hydroxylation is 1. The van der Waals surface area contributed by atoms with E-state index in [0.29, 0.717) is 0 Å². The molecule has 19 heavy (non-hydrogen) atoms. The average Bonchev–Trinajstić information content (AvgIpc) is 3.08. The number of nitrogens with zero attached hydrogens (tertiary/aromatic N) is 1. The highest BCUT2D eigenvalue weighted by Crippen LogP contribution is 2.35. The van der Waals surface area contributed by atoms with Crippen LogP contribution in [0, 0.1) is 0 Å². The van der Waals surface area contributed by atoms with E-state index in [-0.39, 0.29) is 17.9 Å². The molecular weight excluding hydrogens is 258 g/mol. The van der Waals surface area contributed by atoms with Crippen molar-refractivity contribution in [2.75, 3.05) is 0 Å². The molecule has 0 bridgehead atoms. The number of rotatable bonds is 3. The molecule has 0 radical (unpaired) electrons. The molecule has 0 saturated heterocycles. The van der Waals surface area contributed by atoms with E-state index in [1.165, 1.54) is 10.4 Å². The first-order valence-electron chi connectivity index (χ1n) is 6.61. The first-order chi connectivity index (χ1) is 9.25. The van der Waals surface area contributed by atoms with E-state index in [4.69, 9.17) is 0 Å². The molecular formula is C14H17N3OS. The Labute approximate surface area is 116 Å². The second kappa shape index (κ2) is 5.17. The quantitative estimate of drug-likeness (QED) is 0.905. The maximum atomic E-state index is 12.4. The molecule has 2 N–H and O–H groups in total. The maximum absolute atomic E-state index is 12.4. The van der Waals surface area contributed by atoms with Gasteiger partial charge in [-0.05, 0) is 43.2 Å². The highest BCUT2D eigenvalue weighted by atomic mass is 32.1. The van der Waals surface area contributed by atoms with Gasteiger partial charge < -0.3 is 5.32 Å². The molecule has 1 aliphatic carbocycles. The first-order valence-corrected chi connectivity index (χ1v) is 7.49. The topological polar surface area (TPSA) is 57.8 Å². The highest BCUT2D eigenvalue weighted by molar-refractivity contribution is 7.10. The standard InChI is InChI=1S/C14H17N3OS/c1-9(10-7-15-16-8-10)17-14(18)12-3-2-4-13-11(12)5-6-19-13/h5-9,12H,2-4H2,1H3,(H,15,16)(H,17,18). The monoisotopic (exact) mass is 275 g/mol. The van der Waals surface area contributed by atoms with Crippen molar-refractivity contribution in [1.29, 1.82) is 0 Å². The number of amides is 1. The molecule has 2 aromatic rings. The third kappa shape index (κ3) is 2.42. The zero-order chi connectivity index (χ0) is 13.2. The predicted octanol–water partition coefficient (Wildman–Crippen LogP) is 2.77. The van der Waals surface area contributed by atoms with E-state index in [1.54, 1.807) is 17.5 Å². The number of hydrogen-bond acceptors (Lipinski definition) is 3. The Kier molecular flexibility index (Phi) is 3.38. The third-order valence-corrected chi connectivity index (χ3v) is 4.74. The summed E-state index contributed by atoms with van der Waals surface area (Å²) in [6.07, 6.45) is 6.75. The van der Waals surface area contributed by atoms with Gasteiger partial charge in [0.05, 0.1) is 18.2 Å². The molecule has 1 amide bonds. The number of carbonyl (C=O) groups is 1. The van der Waals surface area contributed by atoms with Crippen LogP contribution in [0.3, 0.4) is 0 Å². The lowest BCUT2D eigenvalue weighted by Gasteiger charge is -2.23. The van der Waals surface area contributed by atoms with Crippen molar-refractivity contribution in [3.8, 4) is 0 Å². The first kappa shape index (κ1) is 12.4. The van der Waals surface area contributed by atoms with Crippen molar-refractivity contribution in [3.63, 3.8) is 0 Å². The van der Waals surface area contributed by atoms with Crippen molar-refractivity contribution >= 4 is 17.2 Å². The average molecular weight is 275 g/mol. The molecule has 2 heterocycles. The number of H-pyrrole nitrogens is 1. The van der Waals surface area contributed by atoms with Crippen molar-refractivity contribution in [3.05, 3.63) is 39.8 Å². The summed E-state index contributed by atoms with van der Waals surface area (Å²) < 4.78 is 0. The number of fused-ring (bicyclic) bond motifs is 1. The normalized spacial score (nSPS) is 19.7. The highest BCUT2D eigenvalue weighted by Gasteiger charge is 2.28. The second-order valence-corrected chi connectivity index (χ2v) is 6.01. The van der Waals surface area contributed by atoms with Gasteiger partial charge in [-0.15, -0.1) is 11.3 Å². The lowest BCUT2D eigenvalue weighted by Crippen LogP contribution is -2.32. The Bertz CT molecular complexity index is 561. The smallest absolute Gasteiger partial charge is 0.228 e. The van der Waals surface area contributed by atoms with Crippen LogP contribution in [0.4, 0.5) is 0 Å². The Morgan fingerprint density at radius 1 is 1.63 bits per heavy atom. The van der Waals surface area contributed by atoms with Gasteiger partial charge in [0, 0.05) is 16.6 Å². The van der Waals surface area contributed by atoms with Crippen LogP contribution >= 0.6 is 11.3 Å². The number of nitrogens with one attached hydrogen (secondary N) is 2. The van der Waals surface area contributed by atoms with Gasteiger partial charge in [0.25, 0.3) is 0 Å². The Morgan fingerprint density at radius 2 is 2.53 bits per heavy atom. The summed E-state index contributed by atoms with van der Waals surface area (Å²) in [4.78, 5) is 13.8. The number of aromatic amines is 1. The molecule has 2 atom stereocenters. The minimum Gasteiger partial charge on any atom is -0.349 e. The van der Waals surface area contributed by atoms with Gasteiger partial charge in [-0.2, -0.15) is 5.10 Å². The van der Waals surface area contributed by atoms with E-state index in [2.05, 4.69) is 27.0 Å². The lowest BCUT2D eigenvalue weighted by molar-refractivity contribution is -0.123. The van der Waals surface area contributed by atoms with Gasteiger partial charge in [0.15, 0.2) is 0 Å². The molecule has 5 heteroatoms. The Hall–Kier alpha value is -1.62. The summed E-state index contributed by atoms with van der Waals surface area (Å²) >= 11 is 1.77. The van der Waals surface area contributed by atoms with Crippen LogP contribution in [0.5, 0.6) is 0 Å². The van der Waals surface area contributed by atoms with Crippen molar-refractivity contribution in [2.45, 2.75) is 38.1 Å². The van der Waals surface area contributed by atoms with Crippen LogP contribution in [0.15, 0.2) is 23.8 Å². The van der Waals surface area contributed by atoms with Gasteiger partial charge in [-0.3, -0.25) is 9.89 Å². The van der Waals surface area contributed by atoms with Gasteiger partial charge in [0.1, 0.15) is 0 Å². The number of carbonyl (C=O) groups excluding carboxylic acids is 1. The summed E-state index contributed by atoms with van der Waals surface area (Å²) in [5.74, 6) is 0.150. The summed E-state index contributed by atoms with van der Waals surface area (Å²) in [6, 6.07) is 2.10. The van der Waals surface area contributed by atoms with E-state index in [9.17, 15) is 4.79 Å². The SMILES string of the molecule is CC(NC(=O)C1CCCc2sccc21)c1cn[nH]c1. The van der Waals surface area contributed by atoms with Crippen molar-refractivity contribution in [1.82, 2.24) is 15.5 Å². The minimum atomic E-state index is -0.00439. The summed E-state index contributed by atoms with van der Waals surface area (Å²) in [6.45, 7) is 1.99. The molecule has 100 valence electrons. The van der Waals surface area contributed by atoms with Crippen LogP contribution in [0.2, 0.25) is 0 Å². The Balaban J connectivity index is 1.72. The molecule has 0 aromatic carbocycles. The molecule has 0 saturated carbocycles. The van der Waals surface area contributed by atoms with Crippen molar-refractivity contribution in [2.24, 2.45) is 0 Å². The fourth-order valence-electron chi connectivity index (χ4n) is 2.65. The summed E-state index contributed by atoms with van der Waals surface area (Å²) in [5.41, 5.74) is 2.24. The molecule has 0 aliphatic heterocycles. The number of thiophene rings is 1. The summed E-state index contributed by atoms with van der Waals surface area (Å²) in [5, 5.41) is 11.9. The zero-order valence-corrected chi connectivity index (χ0v) is 11.7. The molecule has 0 spiro atoms. The fraction of sp³-hybridized carbons (Fsp3) is 0.429. The number of hydrogen-bond donors (Lipinski definition) is 2. The van der Waals surface area contributed by atoms with Gasteiger partial charge in [-0.1, -0.05) is 0 Å². The van der Waals surface area contributed by atoms with Crippen LogP contribution in [-0.2, 0) is 11.2 Å². The largest absolute Gasteiger partial charge is 0.349 e. The summed E-state index contributed by atoms with van der Waals surface area (Å²) in [7, 11) is 0. The van der Waals surface area contributed by atoms with E-state index >= 15 is 0 Å². The van der Waals surface area contributed by atoms with Crippen LogP contribution in [-0.4, -0.2) is 16.1 Å². The fourth-order valence-corrected chi connectivity index (χ4v) is 3.64. The van der Waals surface area contributed by atoms with Crippen molar-refractivity contribution < 1.29 is 4.79 Å². The van der Waals surface area contributed by atoms with Crippen LogP contribution in [0.25, 0.3) is 0 Å². The van der Waals surface area contributed by atoms with Gasteiger partial charge in [-0.25, -0.2) is 0 Å². The van der Waals surface area contributed by atoms with E-state index in [0.717, 1.165) is 24.8 Å². The van der Waals surface area contributed by atoms with Gasteiger partial charge in [0.2, 0.25) is 5.91 Å². The predicted molar refractivity (Wildman–Crippen MR) is 75.1 cm³/mol. The molecule has 0 fully saturated rings. The van der Waals surface area contributed by atoms with Gasteiger partial charge >= 0.3 is 0 Å². The van der Waals surface area contributed by atoms with Crippen LogP contribution < -0.4 is 5.32 Å². The van der Waals surface area contributed by atoms with Crippen LogP contribution in [0.1, 0.15) is 47.7 Å². The Morgan fingerprint density at radius 3 is 3.32 bits per heavy atom. The number of aromatic nitrogens is 2. The molecule has 2 aromatic heterocycles. The second-order valence-electron chi connectivity index (χ2n) is 5.01. The van der Waals surface area contributed by atoms with E-state index in [1.807, 2.05) is 13.1 Å². The molecule has 4 nitrogen and oxygen atoms in total. The molecule has 1 aliphatic rings. The zero-order valence-electron chi connectivity index (χ0n) is 10.8. The van der Waals surface area contributed by atoms with E-state index < -0.39 is 0 Å².